The maximum Gasteiger partial charge on any atom is 0.323 e. The first-order chi connectivity index (χ1) is 8.01. The zero-order valence-corrected chi connectivity index (χ0v) is 11.6. The maximum absolute atomic E-state index is 11.5. The Bertz CT molecular complexity index is 245. The molecule has 0 fully saturated rings. The Labute approximate surface area is 107 Å². The molecule has 1 N–H and O–H groups in total. The molecule has 17 heavy (non-hydrogen) atoms. The van der Waals surface area contributed by atoms with E-state index in [9.17, 15) is 9.59 Å². The molecule has 0 aliphatic carbocycles. The summed E-state index contributed by atoms with van der Waals surface area (Å²) < 4.78 is 0. The molecule has 0 heterocycles. The summed E-state index contributed by atoms with van der Waals surface area (Å²) in [6.45, 7) is 7.00. The van der Waals surface area contributed by atoms with Crippen LogP contribution in [-0.4, -0.2) is 71.5 Å². The fraction of sp³-hybridized carbons (Fsp3) is 0.818. The van der Waals surface area contributed by atoms with Gasteiger partial charge >= 0.3 is 5.97 Å². The lowest BCUT2D eigenvalue weighted by Gasteiger charge is -2.18. The van der Waals surface area contributed by atoms with E-state index < -0.39 is 5.97 Å². The standard InChI is InChI=1S/C11H22N2O3S/c1-4-13(5-2)6-7-17-9-10(14)12(3)8-11(15)16/h4-9H2,1-3H3,(H,15,16). The number of carbonyl (C=O) groups excluding carboxylic acids is 1. The summed E-state index contributed by atoms with van der Waals surface area (Å²) in [5, 5.41) is 8.53. The summed E-state index contributed by atoms with van der Waals surface area (Å²) in [4.78, 5) is 25.4. The fourth-order valence-corrected chi connectivity index (χ4v) is 2.22. The first-order valence-corrected chi connectivity index (χ1v) is 6.92. The zero-order valence-electron chi connectivity index (χ0n) is 10.8. The second kappa shape index (κ2) is 9.30. The van der Waals surface area contributed by atoms with Gasteiger partial charge in [0.25, 0.3) is 0 Å². The molecule has 0 saturated carbocycles. The molecule has 6 heteroatoms. The average molecular weight is 262 g/mol. The van der Waals surface area contributed by atoms with E-state index in [1.807, 2.05) is 0 Å². The molecule has 0 spiro atoms. The molecular weight excluding hydrogens is 240 g/mol. The van der Waals surface area contributed by atoms with Gasteiger partial charge in [-0.25, -0.2) is 0 Å². The average Bonchev–Trinajstić information content (AvgIpc) is 2.28. The smallest absolute Gasteiger partial charge is 0.323 e. The van der Waals surface area contributed by atoms with Crippen molar-refractivity contribution in [2.75, 3.05) is 44.7 Å². The third-order valence-electron chi connectivity index (χ3n) is 2.47. The van der Waals surface area contributed by atoms with Gasteiger partial charge in [-0.1, -0.05) is 13.8 Å². The van der Waals surface area contributed by atoms with Crippen LogP contribution in [0.5, 0.6) is 0 Å². The number of thioether (sulfide) groups is 1. The SMILES string of the molecule is CCN(CC)CCSCC(=O)N(C)CC(=O)O. The lowest BCUT2D eigenvalue weighted by Crippen LogP contribution is -2.33. The Morgan fingerprint density at radius 2 is 1.82 bits per heavy atom. The van der Waals surface area contributed by atoms with Crippen LogP contribution in [0.1, 0.15) is 13.8 Å². The molecule has 0 aromatic heterocycles. The third kappa shape index (κ3) is 8.04. The lowest BCUT2D eigenvalue weighted by atomic mass is 10.5. The molecule has 0 atom stereocenters. The van der Waals surface area contributed by atoms with Crippen molar-refractivity contribution in [1.29, 1.82) is 0 Å². The van der Waals surface area contributed by atoms with Crippen molar-refractivity contribution in [3.63, 3.8) is 0 Å². The summed E-state index contributed by atoms with van der Waals surface area (Å²) in [5.41, 5.74) is 0. The quantitative estimate of drug-likeness (QED) is 0.617. The maximum atomic E-state index is 11.5. The number of amides is 1. The van der Waals surface area contributed by atoms with Crippen LogP contribution in [0.4, 0.5) is 0 Å². The van der Waals surface area contributed by atoms with Gasteiger partial charge in [-0.05, 0) is 13.1 Å². The van der Waals surface area contributed by atoms with E-state index in [-0.39, 0.29) is 12.5 Å². The number of hydrogen-bond acceptors (Lipinski definition) is 4. The summed E-state index contributed by atoms with van der Waals surface area (Å²) in [7, 11) is 1.52. The number of aliphatic carboxylic acids is 1. The van der Waals surface area contributed by atoms with Crippen molar-refractivity contribution in [3.05, 3.63) is 0 Å². The Morgan fingerprint density at radius 1 is 1.24 bits per heavy atom. The van der Waals surface area contributed by atoms with Crippen LogP contribution in [0.15, 0.2) is 0 Å². The number of rotatable bonds is 9. The van der Waals surface area contributed by atoms with Crippen LogP contribution >= 0.6 is 11.8 Å². The molecule has 0 aliphatic rings. The second-order valence-electron chi connectivity index (χ2n) is 3.72. The lowest BCUT2D eigenvalue weighted by molar-refractivity contribution is -0.142. The molecule has 1 amide bonds. The first-order valence-electron chi connectivity index (χ1n) is 5.77. The van der Waals surface area contributed by atoms with E-state index in [2.05, 4.69) is 18.7 Å². The number of carboxylic acid groups (broad SMARTS) is 1. The predicted octanol–water partition coefficient (Wildman–Crippen LogP) is 0.604. The van der Waals surface area contributed by atoms with E-state index in [1.165, 1.54) is 11.9 Å². The molecule has 0 aliphatic heterocycles. The molecule has 0 aromatic rings. The highest BCUT2D eigenvalue weighted by molar-refractivity contribution is 7.99. The molecule has 0 bridgehead atoms. The highest BCUT2D eigenvalue weighted by atomic mass is 32.2. The highest BCUT2D eigenvalue weighted by Crippen LogP contribution is 2.03. The van der Waals surface area contributed by atoms with Crippen molar-refractivity contribution in [1.82, 2.24) is 9.80 Å². The Balaban J connectivity index is 3.67. The molecular formula is C11H22N2O3S. The topological polar surface area (TPSA) is 60.9 Å². The molecule has 0 aromatic carbocycles. The van der Waals surface area contributed by atoms with Gasteiger partial charge in [0.05, 0.1) is 5.75 Å². The van der Waals surface area contributed by atoms with Gasteiger partial charge in [0.1, 0.15) is 6.54 Å². The van der Waals surface area contributed by atoms with Crippen LogP contribution < -0.4 is 0 Å². The van der Waals surface area contributed by atoms with Gasteiger partial charge in [-0.2, -0.15) is 11.8 Å². The molecule has 0 saturated heterocycles. The molecule has 100 valence electrons. The highest BCUT2D eigenvalue weighted by Gasteiger charge is 2.11. The fourth-order valence-electron chi connectivity index (χ4n) is 1.29. The number of carboxylic acids is 1. The summed E-state index contributed by atoms with van der Waals surface area (Å²) in [5.74, 6) is 0.144. The van der Waals surface area contributed by atoms with Crippen molar-refractivity contribution in [2.45, 2.75) is 13.8 Å². The minimum absolute atomic E-state index is 0.128. The first kappa shape index (κ1) is 16.2. The summed E-state index contributed by atoms with van der Waals surface area (Å²) >= 11 is 1.55. The van der Waals surface area contributed by atoms with Crippen LogP contribution in [0.25, 0.3) is 0 Å². The van der Waals surface area contributed by atoms with Crippen molar-refractivity contribution >= 4 is 23.6 Å². The van der Waals surface area contributed by atoms with E-state index >= 15 is 0 Å². The number of hydrogen-bond donors (Lipinski definition) is 1. The van der Waals surface area contributed by atoms with Gasteiger partial charge in [0.15, 0.2) is 0 Å². The van der Waals surface area contributed by atoms with Gasteiger partial charge in [-0.15, -0.1) is 0 Å². The summed E-state index contributed by atoms with van der Waals surface area (Å²) in [6, 6.07) is 0. The number of likely N-dealkylation sites (N-methyl/N-ethyl adjacent to an activating group) is 1. The summed E-state index contributed by atoms with van der Waals surface area (Å²) in [6.07, 6.45) is 0. The molecule has 0 unspecified atom stereocenters. The molecule has 5 nitrogen and oxygen atoms in total. The van der Waals surface area contributed by atoms with E-state index in [0.29, 0.717) is 5.75 Å². The van der Waals surface area contributed by atoms with Crippen molar-refractivity contribution < 1.29 is 14.7 Å². The zero-order chi connectivity index (χ0) is 13.3. The minimum atomic E-state index is -0.978. The molecule has 0 rings (SSSR count). The largest absolute Gasteiger partial charge is 0.480 e. The normalized spacial score (nSPS) is 10.6. The number of nitrogens with zero attached hydrogens (tertiary/aromatic N) is 2. The monoisotopic (exact) mass is 262 g/mol. The van der Waals surface area contributed by atoms with Crippen LogP contribution in [0.2, 0.25) is 0 Å². The van der Waals surface area contributed by atoms with Gasteiger partial charge in [0.2, 0.25) is 5.91 Å². The van der Waals surface area contributed by atoms with E-state index in [1.54, 1.807) is 11.8 Å². The van der Waals surface area contributed by atoms with E-state index in [0.717, 1.165) is 25.4 Å². The minimum Gasteiger partial charge on any atom is -0.480 e. The van der Waals surface area contributed by atoms with Gasteiger partial charge in [-0.3, -0.25) is 9.59 Å². The Hall–Kier alpha value is -0.750. The van der Waals surface area contributed by atoms with Gasteiger partial charge < -0.3 is 14.9 Å². The Kier molecular flexibility index (Phi) is 8.89. The van der Waals surface area contributed by atoms with Gasteiger partial charge in [0, 0.05) is 19.3 Å². The second-order valence-corrected chi connectivity index (χ2v) is 4.83. The number of carbonyl (C=O) groups is 2. The van der Waals surface area contributed by atoms with Crippen LogP contribution in [-0.2, 0) is 9.59 Å². The third-order valence-corrected chi connectivity index (χ3v) is 3.39. The predicted molar refractivity (Wildman–Crippen MR) is 70.4 cm³/mol. The van der Waals surface area contributed by atoms with Crippen LogP contribution in [0.3, 0.4) is 0 Å². The van der Waals surface area contributed by atoms with E-state index in [4.69, 9.17) is 5.11 Å². The molecule has 0 radical (unpaired) electrons. The van der Waals surface area contributed by atoms with Crippen molar-refractivity contribution in [3.8, 4) is 0 Å². The van der Waals surface area contributed by atoms with Crippen LogP contribution in [0, 0.1) is 0 Å². The van der Waals surface area contributed by atoms with Crippen molar-refractivity contribution in [2.24, 2.45) is 0 Å². The Morgan fingerprint density at radius 3 is 2.29 bits per heavy atom.